The highest BCUT2D eigenvalue weighted by Gasteiger charge is 2.19. The number of nitrogens with zero attached hydrogens (tertiary/aromatic N) is 2. The van der Waals surface area contributed by atoms with Gasteiger partial charge >= 0.3 is 6.03 Å². The van der Waals surface area contributed by atoms with Gasteiger partial charge in [0.1, 0.15) is 5.76 Å². The molecule has 0 aliphatic carbocycles. The summed E-state index contributed by atoms with van der Waals surface area (Å²) < 4.78 is 5.35. The third-order valence-electron chi connectivity index (χ3n) is 4.02. The molecule has 0 unspecified atom stereocenters. The maximum Gasteiger partial charge on any atom is 0.320 e. The van der Waals surface area contributed by atoms with E-state index in [1.807, 2.05) is 37.3 Å². The minimum Gasteiger partial charge on any atom is -0.467 e. The van der Waals surface area contributed by atoms with Crippen molar-refractivity contribution in [3.8, 4) is 0 Å². The fraction of sp³-hybridized carbons (Fsp3) is 0.263. The lowest BCUT2D eigenvalue weighted by Crippen LogP contribution is -2.39. The Balaban J connectivity index is 1.95. The molecule has 0 spiro atoms. The summed E-state index contributed by atoms with van der Waals surface area (Å²) in [7, 11) is 3.37. The molecule has 2 heterocycles. The van der Waals surface area contributed by atoms with Gasteiger partial charge in [0.05, 0.1) is 19.4 Å². The molecular weight excluding hydrogens is 318 g/mol. The molecule has 0 aliphatic heterocycles. The number of carbonyl (C=O) groups is 1. The van der Waals surface area contributed by atoms with Gasteiger partial charge in [0.25, 0.3) is 5.56 Å². The van der Waals surface area contributed by atoms with E-state index in [0.717, 1.165) is 16.5 Å². The Labute approximate surface area is 145 Å². The lowest BCUT2D eigenvalue weighted by Gasteiger charge is -2.25. The van der Waals surface area contributed by atoms with Crippen LogP contribution in [0.5, 0.6) is 0 Å². The molecule has 0 saturated carbocycles. The number of nitrogens with one attached hydrogen (secondary N) is 1. The molecular formula is C19H21N3O3. The topological polar surface area (TPSA) is 69.5 Å². The van der Waals surface area contributed by atoms with Crippen LogP contribution in [-0.4, -0.2) is 34.9 Å². The lowest BCUT2D eigenvalue weighted by atomic mass is 10.1. The number of amides is 2. The van der Waals surface area contributed by atoms with E-state index in [9.17, 15) is 9.59 Å². The van der Waals surface area contributed by atoms with Crippen LogP contribution in [0.3, 0.4) is 0 Å². The smallest absolute Gasteiger partial charge is 0.320 e. The van der Waals surface area contributed by atoms with Crippen molar-refractivity contribution in [3.63, 3.8) is 0 Å². The van der Waals surface area contributed by atoms with Crippen LogP contribution in [-0.2, 0) is 13.1 Å². The molecule has 130 valence electrons. The zero-order valence-corrected chi connectivity index (χ0v) is 14.6. The van der Waals surface area contributed by atoms with E-state index in [1.165, 1.54) is 4.90 Å². The predicted molar refractivity (Wildman–Crippen MR) is 96.3 cm³/mol. The minimum absolute atomic E-state index is 0.180. The molecule has 0 radical (unpaired) electrons. The van der Waals surface area contributed by atoms with Gasteiger partial charge in [0, 0.05) is 25.2 Å². The van der Waals surface area contributed by atoms with Gasteiger partial charge in [-0.2, -0.15) is 0 Å². The number of rotatable bonds is 4. The normalized spacial score (nSPS) is 10.8. The number of aromatic amines is 1. The summed E-state index contributed by atoms with van der Waals surface area (Å²) in [5.41, 5.74) is 2.25. The van der Waals surface area contributed by atoms with Crippen LogP contribution in [0, 0.1) is 6.92 Å². The summed E-state index contributed by atoms with van der Waals surface area (Å²) in [6, 6.07) is 11.1. The monoisotopic (exact) mass is 339 g/mol. The highest BCUT2D eigenvalue weighted by atomic mass is 16.3. The molecule has 0 atom stereocenters. The first-order valence-electron chi connectivity index (χ1n) is 8.05. The van der Waals surface area contributed by atoms with Crippen LogP contribution in [0.4, 0.5) is 4.79 Å². The molecule has 1 aromatic carbocycles. The van der Waals surface area contributed by atoms with E-state index >= 15 is 0 Å². The number of fused-ring (bicyclic) bond motifs is 1. The van der Waals surface area contributed by atoms with Crippen LogP contribution in [0.1, 0.15) is 16.9 Å². The van der Waals surface area contributed by atoms with Gasteiger partial charge in [0.15, 0.2) is 0 Å². The van der Waals surface area contributed by atoms with E-state index in [0.29, 0.717) is 17.9 Å². The fourth-order valence-electron chi connectivity index (χ4n) is 2.76. The number of urea groups is 1. The van der Waals surface area contributed by atoms with Crippen molar-refractivity contribution in [2.75, 3.05) is 14.1 Å². The van der Waals surface area contributed by atoms with Crippen molar-refractivity contribution in [1.82, 2.24) is 14.8 Å². The van der Waals surface area contributed by atoms with Crippen LogP contribution >= 0.6 is 0 Å². The van der Waals surface area contributed by atoms with Gasteiger partial charge < -0.3 is 19.2 Å². The van der Waals surface area contributed by atoms with Crippen LogP contribution in [0.15, 0.2) is 51.9 Å². The number of H-pyrrole nitrogens is 1. The van der Waals surface area contributed by atoms with Crippen molar-refractivity contribution in [2.24, 2.45) is 0 Å². The Hall–Kier alpha value is -3.02. The van der Waals surface area contributed by atoms with Crippen molar-refractivity contribution in [1.29, 1.82) is 0 Å². The second-order valence-corrected chi connectivity index (χ2v) is 6.33. The summed E-state index contributed by atoms with van der Waals surface area (Å²) in [4.78, 5) is 30.9. The maximum absolute atomic E-state index is 12.5. The molecule has 3 aromatic rings. The summed E-state index contributed by atoms with van der Waals surface area (Å²) in [5, 5.41) is 0.949. The SMILES string of the molecule is Cc1ccc2[nH]c(=O)c(CN(Cc3ccco3)C(=O)N(C)C)cc2c1. The second-order valence-electron chi connectivity index (χ2n) is 6.33. The Morgan fingerprint density at radius 2 is 1.96 bits per heavy atom. The van der Waals surface area contributed by atoms with Crippen LogP contribution < -0.4 is 5.56 Å². The highest BCUT2D eigenvalue weighted by molar-refractivity contribution is 5.80. The van der Waals surface area contributed by atoms with E-state index in [1.54, 1.807) is 31.3 Å². The molecule has 0 saturated heterocycles. The zero-order valence-electron chi connectivity index (χ0n) is 14.6. The first kappa shape index (κ1) is 16.8. The first-order valence-corrected chi connectivity index (χ1v) is 8.05. The summed E-state index contributed by atoms with van der Waals surface area (Å²) in [6.45, 7) is 2.51. The molecule has 0 fully saturated rings. The van der Waals surface area contributed by atoms with Crippen molar-refractivity contribution < 1.29 is 9.21 Å². The molecule has 3 rings (SSSR count). The summed E-state index contributed by atoms with van der Waals surface area (Å²) in [5.74, 6) is 0.670. The van der Waals surface area contributed by atoms with Crippen molar-refractivity contribution in [2.45, 2.75) is 20.0 Å². The maximum atomic E-state index is 12.5. The van der Waals surface area contributed by atoms with Gasteiger partial charge in [-0.15, -0.1) is 0 Å². The number of hydrogen-bond donors (Lipinski definition) is 1. The average Bonchev–Trinajstić information content (AvgIpc) is 3.07. The largest absolute Gasteiger partial charge is 0.467 e. The number of aromatic nitrogens is 1. The number of pyridine rings is 1. The number of furan rings is 1. The molecule has 1 N–H and O–H groups in total. The summed E-state index contributed by atoms with van der Waals surface area (Å²) >= 11 is 0. The van der Waals surface area contributed by atoms with E-state index in [2.05, 4.69) is 4.98 Å². The lowest BCUT2D eigenvalue weighted by molar-refractivity contribution is 0.160. The van der Waals surface area contributed by atoms with E-state index in [4.69, 9.17) is 4.42 Å². The molecule has 6 heteroatoms. The number of carbonyl (C=O) groups excluding carboxylic acids is 1. The zero-order chi connectivity index (χ0) is 18.0. The van der Waals surface area contributed by atoms with Crippen molar-refractivity contribution >= 4 is 16.9 Å². The predicted octanol–water partition coefficient (Wildman–Crippen LogP) is 3.11. The van der Waals surface area contributed by atoms with Crippen LogP contribution in [0.25, 0.3) is 10.9 Å². The average molecular weight is 339 g/mol. The van der Waals surface area contributed by atoms with Gasteiger partial charge in [-0.3, -0.25) is 4.79 Å². The molecule has 25 heavy (non-hydrogen) atoms. The molecule has 0 bridgehead atoms. The number of aryl methyl sites for hydroxylation is 1. The molecule has 2 aromatic heterocycles. The third-order valence-corrected chi connectivity index (χ3v) is 4.02. The standard InChI is InChI=1S/C19H21N3O3/c1-13-6-7-17-14(9-13)10-15(18(23)20-17)11-22(19(24)21(2)3)12-16-5-4-8-25-16/h4-10H,11-12H2,1-3H3,(H,20,23). The quantitative estimate of drug-likeness (QED) is 0.794. The highest BCUT2D eigenvalue weighted by Crippen LogP contribution is 2.16. The Kier molecular flexibility index (Phi) is 4.61. The third kappa shape index (κ3) is 3.74. The number of benzene rings is 1. The minimum atomic E-state index is -0.188. The molecule has 0 aliphatic rings. The van der Waals surface area contributed by atoms with Crippen molar-refractivity contribution in [3.05, 3.63) is 69.9 Å². The van der Waals surface area contributed by atoms with E-state index < -0.39 is 0 Å². The van der Waals surface area contributed by atoms with Gasteiger partial charge in [-0.25, -0.2) is 4.79 Å². The Bertz CT molecular complexity index is 942. The first-order chi connectivity index (χ1) is 11.9. The van der Waals surface area contributed by atoms with Gasteiger partial charge in [0.2, 0.25) is 0 Å². The summed E-state index contributed by atoms with van der Waals surface area (Å²) in [6.07, 6.45) is 1.57. The van der Waals surface area contributed by atoms with Crippen LogP contribution in [0.2, 0.25) is 0 Å². The Morgan fingerprint density at radius 3 is 2.64 bits per heavy atom. The molecule has 6 nitrogen and oxygen atoms in total. The fourth-order valence-corrected chi connectivity index (χ4v) is 2.76. The second kappa shape index (κ2) is 6.84. The Morgan fingerprint density at radius 1 is 1.16 bits per heavy atom. The van der Waals surface area contributed by atoms with Gasteiger partial charge in [-0.1, -0.05) is 11.6 Å². The van der Waals surface area contributed by atoms with E-state index in [-0.39, 0.29) is 18.1 Å². The molecule has 2 amide bonds. The van der Waals surface area contributed by atoms with Gasteiger partial charge in [-0.05, 0) is 42.6 Å². The number of hydrogen-bond acceptors (Lipinski definition) is 3.